The lowest BCUT2D eigenvalue weighted by Gasteiger charge is -2.20. The lowest BCUT2D eigenvalue weighted by molar-refractivity contribution is -0.118. The third-order valence-electron chi connectivity index (χ3n) is 5.82. The summed E-state index contributed by atoms with van der Waals surface area (Å²) in [5.41, 5.74) is 5.16. The lowest BCUT2D eigenvalue weighted by atomic mass is 9.86. The van der Waals surface area contributed by atoms with Crippen molar-refractivity contribution in [2.75, 3.05) is 0 Å². The topological polar surface area (TPSA) is 83.5 Å². The van der Waals surface area contributed by atoms with Gasteiger partial charge in [0.1, 0.15) is 0 Å². The summed E-state index contributed by atoms with van der Waals surface area (Å²) in [4.78, 5) is 13.3. The van der Waals surface area contributed by atoms with Crippen molar-refractivity contribution in [1.29, 1.82) is 0 Å². The summed E-state index contributed by atoms with van der Waals surface area (Å²) in [6.45, 7) is 6.03. The number of hydrogen-bond donors (Lipinski definition) is 3. The molecule has 5 atom stereocenters. The first-order valence-electron chi connectivity index (χ1n) is 10.7. The Bertz CT molecular complexity index is 738. The number of nitrogens with two attached hydrogens (primary N) is 1. The summed E-state index contributed by atoms with van der Waals surface area (Å²) in [6, 6.07) is 2.13. The molecule has 4 N–H and O–H groups in total. The Kier molecular flexibility index (Phi) is 10.5. The minimum Gasteiger partial charge on any atom is -0.393 e. The number of thiophene rings is 1. The van der Waals surface area contributed by atoms with Gasteiger partial charge in [-0.3, -0.25) is 4.79 Å². The molecule has 0 aromatic carbocycles. The zero-order valence-electron chi connectivity index (χ0n) is 17.7. The van der Waals surface area contributed by atoms with Crippen LogP contribution in [0.2, 0.25) is 0 Å². The number of aliphatic hydroxyl groups excluding tert-OH is 2. The first kappa shape index (κ1) is 25.1. The number of primary amides is 1. The van der Waals surface area contributed by atoms with Gasteiger partial charge in [-0.1, -0.05) is 30.4 Å². The number of aliphatic hydroxyl groups is 2. The van der Waals surface area contributed by atoms with Gasteiger partial charge in [-0.15, -0.1) is 17.9 Å². The molecule has 1 heterocycles. The van der Waals surface area contributed by atoms with Crippen LogP contribution in [0.1, 0.15) is 48.3 Å². The number of unbranched alkanes of at least 4 members (excludes halogenated alkanes) is 1. The van der Waals surface area contributed by atoms with Crippen molar-refractivity contribution in [1.82, 2.24) is 0 Å². The Morgan fingerprint density at radius 1 is 1.47 bits per heavy atom. The van der Waals surface area contributed by atoms with Crippen molar-refractivity contribution in [3.63, 3.8) is 0 Å². The number of carbonyl (C=O) groups is 1. The SMILES string of the molecule is C=CC1CC(O)[C@H](C/C=C\CCCC(N)=O)[C@H]1/C=C/[C@@H](O)CCc1cc(Br)c(C)s1. The molecular formula is C24H34BrNO3S. The zero-order valence-corrected chi connectivity index (χ0v) is 20.1. The van der Waals surface area contributed by atoms with Gasteiger partial charge in [0.05, 0.1) is 12.2 Å². The third kappa shape index (κ3) is 7.80. The van der Waals surface area contributed by atoms with Crippen LogP contribution in [0, 0.1) is 24.7 Å². The van der Waals surface area contributed by atoms with Crippen LogP contribution in [0.3, 0.4) is 0 Å². The van der Waals surface area contributed by atoms with Gasteiger partial charge in [-0.25, -0.2) is 0 Å². The van der Waals surface area contributed by atoms with Gasteiger partial charge in [-0.05, 0) is 85.2 Å². The molecule has 1 aliphatic carbocycles. The summed E-state index contributed by atoms with van der Waals surface area (Å²) in [5, 5.41) is 21.0. The molecule has 4 nitrogen and oxygen atoms in total. The first-order valence-corrected chi connectivity index (χ1v) is 12.3. The summed E-state index contributed by atoms with van der Waals surface area (Å²) < 4.78 is 1.13. The molecule has 1 amide bonds. The van der Waals surface area contributed by atoms with Crippen LogP contribution in [-0.2, 0) is 11.2 Å². The number of carbonyl (C=O) groups excluding carboxylic acids is 1. The third-order valence-corrected chi connectivity index (χ3v) is 8.01. The Morgan fingerprint density at radius 3 is 2.87 bits per heavy atom. The van der Waals surface area contributed by atoms with E-state index in [1.807, 2.05) is 12.2 Å². The monoisotopic (exact) mass is 495 g/mol. The van der Waals surface area contributed by atoms with Crippen molar-refractivity contribution in [2.45, 2.75) is 64.1 Å². The lowest BCUT2D eigenvalue weighted by Crippen LogP contribution is -2.18. The summed E-state index contributed by atoms with van der Waals surface area (Å²) in [5.74, 6) is 0.224. The van der Waals surface area contributed by atoms with E-state index in [1.165, 1.54) is 9.75 Å². The van der Waals surface area contributed by atoms with Crippen molar-refractivity contribution < 1.29 is 15.0 Å². The van der Waals surface area contributed by atoms with Gasteiger partial charge in [0.25, 0.3) is 0 Å². The number of aryl methyl sites for hydroxylation is 2. The molecule has 0 spiro atoms. The largest absolute Gasteiger partial charge is 0.393 e. The molecular weight excluding hydrogens is 462 g/mol. The maximum Gasteiger partial charge on any atom is 0.217 e. The Balaban J connectivity index is 1.89. The van der Waals surface area contributed by atoms with Gasteiger partial charge in [0.2, 0.25) is 5.91 Å². The highest BCUT2D eigenvalue weighted by Gasteiger charge is 2.38. The summed E-state index contributed by atoms with van der Waals surface area (Å²) >= 11 is 5.30. The van der Waals surface area contributed by atoms with Gasteiger partial charge in [0, 0.05) is 20.6 Å². The number of allylic oxidation sites excluding steroid dienone is 4. The molecule has 1 fully saturated rings. The minimum atomic E-state index is -0.501. The highest BCUT2D eigenvalue weighted by Crippen LogP contribution is 2.41. The summed E-state index contributed by atoms with van der Waals surface area (Å²) in [7, 11) is 0. The quantitative estimate of drug-likeness (QED) is 0.279. The van der Waals surface area contributed by atoms with Crippen molar-refractivity contribution in [2.24, 2.45) is 23.5 Å². The fourth-order valence-corrected chi connectivity index (χ4v) is 5.70. The van der Waals surface area contributed by atoms with Crippen molar-refractivity contribution in [3.05, 3.63) is 57.3 Å². The van der Waals surface area contributed by atoms with E-state index >= 15 is 0 Å². The Morgan fingerprint density at radius 2 is 2.23 bits per heavy atom. The van der Waals surface area contributed by atoms with Gasteiger partial charge in [0.15, 0.2) is 0 Å². The van der Waals surface area contributed by atoms with E-state index in [2.05, 4.69) is 53.7 Å². The predicted octanol–water partition coefficient (Wildman–Crippen LogP) is 5.07. The van der Waals surface area contributed by atoms with E-state index in [-0.39, 0.29) is 29.8 Å². The minimum absolute atomic E-state index is 0.111. The van der Waals surface area contributed by atoms with E-state index in [1.54, 1.807) is 11.3 Å². The fraction of sp³-hybridized carbons (Fsp3) is 0.542. The van der Waals surface area contributed by atoms with Crippen LogP contribution in [0.15, 0.2) is 47.5 Å². The molecule has 166 valence electrons. The predicted molar refractivity (Wildman–Crippen MR) is 128 cm³/mol. The second-order valence-corrected chi connectivity index (χ2v) is 10.3. The second-order valence-electron chi connectivity index (χ2n) is 8.12. The second kappa shape index (κ2) is 12.6. The van der Waals surface area contributed by atoms with E-state index in [9.17, 15) is 15.0 Å². The van der Waals surface area contributed by atoms with E-state index in [4.69, 9.17) is 5.73 Å². The molecule has 1 aliphatic rings. The highest BCUT2D eigenvalue weighted by atomic mass is 79.9. The molecule has 0 aliphatic heterocycles. The first-order chi connectivity index (χ1) is 14.3. The van der Waals surface area contributed by atoms with E-state index < -0.39 is 6.10 Å². The molecule has 0 bridgehead atoms. The highest BCUT2D eigenvalue weighted by molar-refractivity contribution is 9.10. The van der Waals surface area contributed by atoms with Crippen molar-refractivity contribution >= 4 is 33.2 Å². The number of halogens is 1. The summed E-state index contributed by atoms with van der Waals surface area (Å²) in [6.07, 6.45) is 14.1. The average Bonchev–Trinajstić information content (AvgIpc) is 3.19. The van der Waals surface area contributed by atoms with Gasteiger partial charge in [-0.2, -0.15) is 0 Å². The van der Waals surface area contributed by atoms with Crippen LogP contribution >= 0.6 is 27.3 Å². The molecule has 1 saturated carbocycles. The molecule has 6 heteroatoms. The zero-order chi connectivity index (χ0) is 22.1. The average molecular weight is 497 g/mol. The van der Waals surface area contributed by atoms with Crippen LogP contribution < -0.4 is 5.73 Å². The maximum atomic E-state index is 10.8. The smallest absolute Gasteiger partial charge is 0.217 e. The van der Waals surface area contributed by atoms with Gasteiger partial charge >= 0.3 is 0 Å². The molecule has 0 radical (unpaired) electrons. The standard InChI is InChI=1S/C24H34BrNO3S/c1-3-17-14-23(28)21(8-6-4-5-7-9-24(26)29)20(17)13-11-18(27)10-12-19-15-22(25)16(2)30-19/h3-4,6,11,13,15,17-18,20-21,23,27-28H,1,5,7-10,12,14H2,2H3,(H2,26,29)/b6-4-,13-11+/t17?,18-,20-,21+,23?/m0/s1. The molecule has 2 rings (SSSR count). The molecule has 30 heavy (non-hydrogen) atoms. The van der Waals surface area contributed by atoms with Gasteiger partial charge < -0.3 is 15.9 Å². The normalized spacial score (nSPS) is 25.3. The molecule has 2 unspecified atom stereocenters. The Hall–Kier alpha value is -1.21. The molecule has 1 aromatic rings. The number of amides is 1. The number of rotatable bonds is 12. The van der Waals surface area contributed by atoms with Crippen LogP contribution in [-0.4, -0.2) is 28.3 Å². The van der Waals surface area contributed by atoms with Crippen molar-refractivity contribution in [3.8, 4) is 0 Å². The Labute approximate surface area is 192 Å². The van der Waals surface area contributed by atoms with E-state index in [0.717, 1.165) is 30.2 Å². The molecule has 0 saturated heterocycles. The molecule has 1 aromatic heterocycles. The maximum absolute atomic E-state index is 10.8. The fourth-order valence-electron chi connectivity index (χ4n) is 4.09. The van der Waals surface area contributed by atoms with Crippen LogP contribution in [0.5, 0.6) is 0 Å². The van der Waals surface area contributed by atoms with Crippen LogP contribution in [0.4, 0.5) is 0 Å². The number of hydrogen-bond acceptors (Lipinski definition) is 4. The van der Waals surface area contributed by atoms with Crippen LogP contribution in [0.25, 0.3) is 0 Å². The van der Waals surface area contributed by atoms with E-state index in [0.29, 0.717) is 19.3 Å².